The van der Waals surface area contributed by atoms with Crippen LogP contribution in [0.4, 0.5) is 17.1 Å². The number of nitrogens with one attached hydrogen (secondary N) is 2. The zero-order valence-corrected chi connectivity index (χ0v) is 19.7. The number of aromatic nitrogens is 2. The van der Waals surface area contributed by atoms with Gasteiger partial charge in [0.1, 0.15) is 16.5 Å². The van der Waals surface area contributed by atoms with Crippen molar-refractivity contribution < 1.29 is 9.53 Å². The molecule has 1 aliphatic heterocycles. The first kappa shape index (κ1) is 23.4. The Balaban J connectivity index is 1.52. The maximum atomic E-state index is 13.0. The van der Waals surface area contributed by atoms with E-state index in [9.17, 15) is 4.79 Å². The van der Waals surface area contributed by atoms with Gasteiger partial charge in [-0.25, -0.2) is 10.8 Å². The zero-order chi connectivity index (χ0) is 23.9. The average molecular weight is 478 g/mol. The molecule has 4 rings (SSSR count). The number of carbonyl (C=O) groups is 1. The smallest absolute Gasteiger partial charge is 0.275 e. The van der Waals surface area contributed by atoms with Gasteiger partial charge < -0.3 is 20.3 Å². The number of para-hydroxylation sites is 2. The van der Waals surface area contributed by atoms with Crippen molar-refractivity contribution in [3.05, 3.63) is 77.7 Å². The van der Waals surface area contributed by atoms with Gasteiger partial charge in [0.25, 0.3) is 5.91 Å². The summed E-state index contributed by atoms with van der Waals surface area (Å²) in [6.45, 7) is 7.40. The molecule has 3 aromatic rings. The Morgan fingerprint density at radius 2 is 2.12 bits per heavy atom. The third-order valence-corrected chi connectivity index (χ3v) is 6.24. The number of carbonyl (C=O) groups excluding carboxylic acids is 1. The molecule has 1 aliphatic rings. The zero-order valence-electron chi connectivity index (χ0n) is 18.9. The van der Waals surface area contributed by atoms with Crippen LogP contribution >= 0.6 is 11.3 Å². The molecule has 176 valence electrons. The first-order valence-corrected chi connectivity index (χ1v) is 11.7. The van der Waals surface area contributed by atoms with E-state index in [2.05, 4.69) is 32.1 Å². The monoisotopic (exact) mass is 477 g/mol. The van der Waals surface area contributed by atoms with E-state index in [0.29, 0.717) is 33.4 Å². The summed E-state index contributed by atoms with van der Waals surface area (Å²) in [6.07, 6.45) is 6.75. The van der Waals surface area contributed by atoms with E-state index in [1.54, 1.807) is 37.2 Å². The number of thiazole rings is 1. The lowest BCUT2D eigenvalue weighted by Gasteiger charge is -2.30. The van der Waals surface area contributed by atoms with Gasteiger partial charge in [0.05, 0.1) is 30.4 Å². The number of amides is 1. The molecule has 0 spiro atoms. The number of piperazine rings is 1. The molecule has 0 unspecified atom stereocenters. The summed E-state index contributed by atoms with van der Waals surface area (Å²) in [6, 6.07) is 9.34. The molecule has 1 aromatic carbocycles. The average Bonchev–Trinajstić information content (AvgIpc) is 3.38. The summed E-state index contributed by atoms with van der Waals surface area (Å²) in [7, 11) is 1.59. The molecule has 1 amide bonds. The quantitative estimate of drug-likeness (QED) is 0.258. The minimum Gasteiger partial charge on any atom is -0.495 e. The molecular formula is C24H27N7O2S. The van der Waals surface area contributed by atoms with Crippen molar-refractivity contribution in [2.24, 2.45) is 5.84 Å². The number of pyridine rings is 1. The summed E-state index contributed by atoms with van der Waals surface area (Å²) < 4.78 is 5.38. The standard InChI is InChI=1S/C24H27N7O2S/c1-3-17(15-31(25)21-6-4-5-7-22(21)33-2)24-29-19(16-34-24)23(32)28-18-14-27-9-8-20(18)30-12-10-26-11-13-30/h3-9,14-16,26H,1,10-13,25H2,2H3,(H,28,32)/b17-15+. The van der Waals surface area contributed by atoms with Crippen LogP contribution in [0.1, 0.15) is 15.5 Å². The Morgan fingerprint density at radius 3 is 2.88 bits per heavy atom. The van der Waals surface area contributed by atoms with Gasteiger partial charge in [-0.3, -0.25) is 14.8 Å². The molecule has 3 heterocycles. The van der Waals surface area contributed by atoms with Gasteiger partial charge in [0.2, 0.25) is 0 Å². The highest BCUT2D eigenvalue weighted by atomic mass is 32.1. The first-order chi connectivity index (χ1) is 16.6. The van der Waals surface area contributed by atoms with Crippen LogP contribution in [-0.4, -0.2) is 49.2 Å². The Hall–Kier alpha value is -3.73. The number of ether oxygens (including phenoxy) is 1. The number of hydrogen-bond acceptors (Lipinski definition) is 9. The molecule has 34 heavy (non-hydrogen) atoms. The fourth-order valence-electron chi connectivity index (χ4n) is 3.62. The second-order valence-electron chi connectivity index (χ2n) is 7.49. The number of nitrogens with two attached hydrogens (primary N) is 1. The Labute approximate surface area is 202 Å². The summed E-state index contributed by atoms with van der Waals surface area (Å²) in [5.41, 5.74) is 3.29. The number of allylic oxidation sites excluding steroid dienone is 2. The van der Waals surface area contributed by atoms with E-state index >= 15 is 0 Å². The minimum atomic E-state index is -0.301. The van der Waals surface area contributed by atoms with Crippen LogP contribution in [0.25, 0.3) is 5.57 Å². The van der Waals surface area contributed by atoms with Crippen molar-refractivity contribution in [1.29, 1.82) is 0 Å². The number of hydrazine groups is 1. The topological polar surface area (TPSA) is 109 Å². The van der Waals surface area contributed by atoms with Crippen LogP contribution in [0.2, 0.25) is 0 Å². The number of benzene rings is 1. The third kappa shape index (κ3) is 5.25. The molecule has 9 nitrogen and oxygen atoms in total. The van der Waals surface area contributed by atoms with Gasteiger partial charge >= 0.3 is 0 Å². The van der Waals surface area contributed by atoms with E-state index in [0.717, 1.165) is 31.9 Å². The lowest BCUT2D eigenvalue weighted by molar-refractivity contribution is 0.102. The van der Waals surface area contributed by atoms with Crippen molar-refractivity contribution in [1.82, 2.24) is 15.3 Å². The molecule has 0 radical (unpaired) electrons. The fourth-order valence-corrected chi connectivity index (χ4v) is 4.43. The largest absolute Gasteiger partial charge is 0.495 e. The lowest BCUT2D eigenvalue weighted by Crippen LogP contribution is -2.43. The van der Waals surface area contributed by atoms with Gasteiger partial charge in [-0.05, 0) is 18.2 Å². The second kappa shape index (κ2) is 10.9. The minimum absolute atomic E-state index is 0.301. The summed E-state index contributed by atoms with van der Waals surface area (Å²) in [5.74, 6) is 6.59. The van der Waals surface area contributed by atoms with Gasteiger partial charge in [-0.1, -0.05) is 24.8 Å². The maximum absolute atomic E-state index is 13.0. The Bertz CT molecular complexity index is 1190. The maximum Gasteiger partial charge on any atom is 0.275 e. The van der Waals surface area contributed by atoms with Crippen LogP contribution in [0.15, 0.2) is 67.0 Å². The molecule has 1 saturated heterocycles. The highest BCUT2D eigenvalue weighted by Gasteiger charge is 2.18. The molecule has 1 fully saturated rings. The van der Waals surface area contributed by atoms with Crippen molar-refractivity contribution in [2.45, 2.75) is 0 Å². The number of anilines is 3. The molecule has 0 saturated carbocycles. The predicted molar refractivity (Wildman–Crippen MR) is 137 cm³/mol. The number of nitrogens with zero attached hydrogens (tertiary/aromatic N) is 4. The van der Waals surface area contributed by atoms with Crippen molar-refractivity contribution >= 4 is 39.9 Å². The molecule has 10 heteroatoms. The summed E-state index contributed by atoms with van der Waals surface area (Å²) in [5, 5.41) is 10.1. The van der Waals surface area contributed by atoms with E-state index in [4.69, 9.17) is 10.6 Å². The number of hydrogen-bond donors (Lipinski definition) is 3. The molecule has 0 atom stereocenters. The fraction of sp³-hybridized carbons (Fsp3) is 0.208. The van der Waals surface area contributed by atoms with E-state index in [1.165, 1.54) is 16.3 Å². The molecular weight excluding hydrogens is 450 g/mol. The number of rotatable bonds is 8. The van der Waals surface area contributed by atoms with Crippen LogP contribution in [-0.2, 0) is 0 Å². The summed E-state index contributed by atoms with van der Waals surface area (Å²) in [4.78, 5) is 23.9. The SMILES string of the molecule is C=C/C(=C\N(N)c1ccccc1OC)c1nc(C(=O)Nc2cnccc2N2CCNCC2)cs1. The van der Waals surface area contributed by atoms with Crippen molar-refractivity contribution in [3.8, 4) is 5.75 Å². The van der Waals surface area contributed by atoms with Crippen molar-refractivity contribution in [2.75, 3.05) is 48.5 Å². The Morgan fingerprint density at radius 1 is 1.32 bits per heavy atom. The van der Waals surface area contributed by atoms with E-state index < -0.39 is 0 Å². The number of methoxy groups -OCH3 is 1. The molecule has 2 aromatic heterocycles. The van der Waals surface area contributed by atoms with E-state index in [1.807, 2.05) is 30.3 Å². The first-order valence-electron chi connectivity index (χ1n) is 10.8. The van der Waals surface area contributed by atoms with Gasteiger partial charge in [0, 0.05) is 49.5 Å². The normalized spacial score (nSPS) is 13.9. The Kier molecular flexibility index (Phi) is 7.53. The van der Waals surface area contributed by atoms with E-state index in [-0.39, 0.29) is 5.91 Å². The predicted octanol–water partition coefficient (Wildman–Crippen LogP) is 3.12. The second-order valence-corrected chi connectivity index (χ2v) is 8.35. The van der Waals surface area contributed by atoms with Crippen LogP contribution in [0.5, 0.6) is 5.75 Å². The molecule has 4 N–H and O–H groups in total. The highest BCUT2D eigenvalue weighted by Crippen LogP contribution is 2.29. The third-order valence-electron chi connectivity index (χ3n) is 5.35. The van der Waals surface area contributed by atoms with Gasteiger partial charge in [-0.15, -0.1) is 11.3 Å². The van der Waals surface area contributed by atoms with Gasteiger partial charge in [-0.2, -0.15) is 0 Å². The van der Waals surface area contributed by atoms with Crippen LogP contribution in [0.3, 0.4) is 0 Å². The highest BCUT2D eigenvalue weighted by molar-refractivity contribution is 7.11. The van der Waals surface area contributed by atoms with Crippen LogP contribution in [0, 0.1) is 0 Å². The molecule has 0 aliphatic carbocycles. The summed E-state index contributed by atoms with van der Waals surface area (Å²) >= 11 is 1.34. The lowest BCUT2D eigenvalue weighted by atomic mass is 10.2. The van der Waals surface area contributed by atoms with Crippen LogP contribution < -0.4 is 31.1 Å². The van der Waals surface area contributed by atoms with Crippen molar-refractivity contribution in [3.63, 3.8) is 0 Å². The van der Waals surface area contributed by atoms with Gasteiger partial charge in [0.15, 0.2) is 0 Å². The molecule has 0 bridgehead atoms.